The second-order valence-electron chi connectivity index (χ2n) is 43.1. The van der Waals surface area contributed by atoms with Gasteiger partial charge in [0.25, 0.3) is 0 Å². The monoisotopic (exact) mass is 2000 g/mol. The quantitative estimate of drug-likeness (QED) is 0.0314. The normalized spacial score (nSPS) is 19.6. The zero-order valence-corrected chi connectivity index (χ0v) is 86.8. The summed E-state index contributed by atoms with van der Waals surface area (Å²) >= 11 is 0. The van der Waals surface area contributed by atoms with Crippen molar-refractivity contribution in [2.24, 2.45) is 0 Å². The molecule has 9 atom stereocenters. The summed E-state index contributed by atoms with van der Waals surface area (Å²) < 4.78 is 35.3. The highest BCUT2D eigenvalue weighted by Crippen LogP contribution is 2.45. The number of fused-ring (bicyclic) bond motifs is 12. The molecule has 9 unspecified atom stereocenters. The summed E-state index contributed by atoms with van der Waals surface area (Å²) in [5, 5.41) is 106. The molecule has 35 heteroatoms. The number of nitriles is 4. The van der Waals surface area contributed by atoms with Gasteiger partial charge in [-0.1, -0.05) is 35.5 Å². The predicted molar refractivity (Wildman–Crippen MR) is 566 cm³/mol. The van der Waals surface area contributed by atoms with E-state index in [0.717, 1.165) is 151 Å². The number of aliphatic hydroxyl groups is 5. The summed E-state index contributed by atoms with van der Waals surface area (Å²) in [6.07, 6.45) is 32.4. The smallest absolute Gasteiger partial charge is 0.138 e. The largest absolute Gasteiger partial charge is 0.489 e. The van der Waals surface area contributed by atoms with Crippen LogP contribution in [-0.2, 0) is 4.74 Å². The van der Waals surface area contributed by atoms with E-state index in [2.05, 4.69) is 137 Å². The van der Waals surface area contributed by atoms with Crippen molar-refractivity contribution in [1.29, 1.82) is 21.0 Å². The molecular weight excluding hydrogens is 1880 g/mol. The topological polar surface area (TPSA) is 402 Å². The van der Waals surface area contributed by atoms with Gasteiger partial charge in [-0.3, -0.25) is 24.6 Å². The second-order valence-corrected chi connectivity index (χ2v) is 43.1. The Morgan fingerprint density at radius 3 is 0.913 bits per heavy atom. The molecule has 0 aromatic carbocycles. The lowest BCUT2D eigenvalue weighted by Crippen LogP contribution is -2.69. The van der Waals surface area contributed by atoms with Crippen molar-refractivity contribution in [2.75, 3.05) is 125 Å². The van der Waals surface area contributed by atoms with E-state index >= 15 is 0 Å². The third-order valence-electron chi connectivity index (χ3n) is 28.1. The maximum Gasteiger partial charge on any atom is 0.138 e. The van der Waals surface area contributed by atoms with Gasteiger partial charge >= 0.3 is 0 Å². The zero-order chi connectivity index (χ0) is 105. The van der Waals surface area contributed by atoms with Crippen LogP contribution < -0.4 is 38.5 Å². The Labute approximate surface area is 868 Å². The van der Waals surface area contributed by atoms with Gasteiger partial charge < -0.3 is 68.8 Å². The number of anilines is 4. The highest BCUT2D eigenvalue weighted by molar-refractivity contribution is 5.89. The summed E-state index contributed by atoms with van der Waals surface area (Å²) in [4.78, 5) is 43.0. The summed E-state index contributed by atoms with van der Waals surface area (Å²) in [6, 6.07) is 40.6. The van der Waals surface area contributed by atoms with Crippen LogP contribution in [0, 0.1) is 93.2 Å². The number of methoxy groups -OCH3 is 1. The van der Waals surface area contributed by atoms with Gasteiger partial charge in [0, 0.05) is 195 Å². The van der Waals surface area contributed by atoms with Crippen molar-refractivity contribution in [3.05, 3.63) is 199 Å². The van der Waals surface area contributed by atoms with Crippen LogP contribution >= 0.6 is 0 Å². The van der Waals surface area contributed by atoms with Gasteiger partial charge in [0.1, 0.15) is 108 Å². The Hall–Kier alpha value is -15.3. The van der Waals surface area contributed by atoms with E-state index in [-0.39, 0.29) is 32.5 Å². The maximum absolute atomic E-state index is 10.1. The summed E-state index contributed by atoms with van der Waals surface area (Å²) in [5.74, 6) is 27.3. The van der Waals surface area contributed by atoms with Crippen molar-refractivity contribution >= 4 is 45.3 Å². The minimum absolute atomic E-state index is 0.124. The van der Waals surface area contributed by atoms with Crippen LogP contribution in [0.15, 0.2) is 165 Å². The van der Waals surface area contributed by atoms with Crippen LogP contribution in [0.2, 0.25) is 0 Å². The van der Waals surface area contributed by atoms with E-state index in [0.29, 0.717) is 122 Å². The fraction of sp³-hybridized carbons (Fsp3) is 0.430. The number of ether oxygens (including phenoxy) is 5. The van der Waals surface area contributed by atoms with E-state index in [1.165, 1.54) is 25.5 Å². The third kappa shape index (κ3) is 23.6. The molecule has 0 spiro atoms. The van der Waals surface area contributed by atoms with Crippen LogP contribution in [0.1, 0.15) is 162 Å². The summed E-state index contributed by atoms with van der Waals surface area (Å²) in [5.41, 5.74) is 7.91. The molecule has 13 aromatic heterocycles. The number of terminal acetylenes is 1. The SMILES string of the molecule is C#Cc1ccc(C(C)N2C3CC2CN(c2ccc(-c4cc(OCC(C)(C)O)cn5ncc(C#N)c45)cn2)C3)nc1.CC#CCN1C2CC1CN(c1ccc(-c3cc(OCC(C)(C)O)cn4ncc(C#N)c34)cn1)C2.CC(C)(O)C#CCN1C2CC1CN(c1ccc(-c3cc(OCC(C)(C)O)cn4ncc(C#N)c34)cn1)C2.COC(C)(C)C#CCN1C2CC1CN(c1ccc(-c3cc(OCC(C)(C)O)cn4ncc(C#N)c34)cn1)C2. The fourth-order valence-electron chi connectivity index (χ4n) is 20.5. The number of nitrogens with zero attached hydrogens (tertiary/aromatic N) is 25. The Balaban J connectivity index is 0.000000130. The highest BCUT2D eigenvalue weighted by atomic mass is 16.5. The highest BCUT2D eigenvalue weighted by Gasteiger charge is 2.50. The molecule has 25 rings (SSSR count). The molecule has 13 aromatic rings. The van der Waals surface area contributed by atoms with Crippen LogP contribution in [0.3, 0.4) is 0 Å². The number of rotatable bonds is 26. The molecule has 0 aliphatic carbocycles. The first kappa shape index (κ1) is 104. The first-order valence-electron chi connectivity index (χ1n) is 50.2. The van der Waals surface area contributed by atoms with Gasteiger partial charge in [-0.2, -0.15) is 41.4 Å². The number of hydrogen-bond donors (Lipinski definition) is 5. The van der Waals surface area contributed by atoms with Gasteiger partial charge in [0.05, 0.1) is 142 Å². The minimum Gasteiger partial charge on any atom is -0.489 e. The lowest BCUT2D eigenvalue weighted by Gasteiger charge is -2.58. The van der Waals surface area contributed by atoms with Gasteiger partial charge in [-0.15, -0.1) is 12.3 Å². The summed E-state index contributed by atoms with van der Waals surface area (Å²) in [7, 11) is 1.69. The van der Waals surface area contributed by atoms with Gasteiger partial charge in [-0.25, -0.2) is 38.0 Å². The molecule has 5 N–H and O–H groups in total. The summed E-state index contributed by atoms with van der Waals surface area (Å²) in [6.45, 7) is 35.1. The Morgan fingerprint density at radius 2 is 0.664 bits per heavy atom. The Kier molecular flexibility index (Phi) is 29.6. The molecule has 12 fully saturated rings. The number of piperazine rings is 4. The molecule has 0 radical (unpaired) electrons. The molecule has 12 aliphatic heterocycles. The number of aromatic nitrogens is 13. The molecule has 149 heavy (non-hydrogen) atoms. The molecule has 12 saturated heterocycles. The van der Waals surface area contributed by atoms with Gasteiger partial charge in [0.2, 0.25) is 0 Å². The minimum atomic E-state index is -0.980. The first-order valence-corrected chi connectivity index (χ1v) is 50.2. The average Bonchev–Trinajstić information content (AvgIpc) is 0.786. The maximum atomic E-state index is 10.1. The molecule has 766 valence electrons. The van der Waals surface area contributed by atoms with Crippen molar-refractivity contribution in [1.82, 2.24) is 83.0 Å². The zero-order valence-electron chi connectivity index (χ0n) is 86.8. The van der Waals surface area contributed by atoms with Gasteiger partial charge in [0.15, 0.2) is 0 Å². The molecule has 0 saturated carbocycles. The van der Waals surface area contributed by atoms with Crippen molar-refractivity contribution < 1.29 is 49.2 Å². The molecular formula is C114H125N25O10. The molecule has 8 bridgehead atoms. The van der Waals surface area contributed by atoms with Crippen LogP contribution in [0.4, 0.5) is 23.3 Å². The van der Waals surface area contributed by atoms with Crippen molar-refractivity contribution in [3.63, 3.8) is 0 Å². The number of piperidine rings is 4. The van der Waals surface area contributed by atoms with Gasteiger partial charge in [-0.05, 0) is 208 Å². The van der Waals surface area contributed by atoms with Crippen LogP contribution in [-0.4, -0.2) is 296 Å². The van der Waals surface area contributed by atoms with Crippen molar-refractivity contribution in [3.8, 4) is 140 Å². The standard InChI is InChI=1S/C31H31N7O2.C29H34N6O3.C28H32N6O3.C26H28N6O2/c1-5-21-6-8-28(33-13-21)20(2)38-24-10-25(38)17-36(16-24)29-9-7-22(14-34-29)27-11-26(40-19-31(3,4)39)18-37-30(27)23(12-32)15-35-37;1-28(2,36)19-38-24-12-25(27-21(13-30)15-32-35(27)18-24)20-7-8-26(31-14-20)33-16-22-11-23(17-33)34(22)10-6-9-29(3,4)37-5;1-27(2,35)8-5-9-33-21-10-22(33)16-32(15-21)25-7-6-19(13-30-25)24-11-23(37-18-28(3,4)36)17-34-26(24)20(12-29)14-31-34;1-4-5-8-31-20-9-21(31)15-30(14-20)24-7-6-18(12-28-24)23-10-22(34-17-26(2,3)33)16-32-25(23)19(11-27)13-29-32/h1,6-9,11,13-15,18,20,24-25,39H,10,16-17,19H2,2-4H3;7-8,12,14-15,18,22-23,36H,10-11,16-17,19H2,1-5H3;6-7,11,13-14,17,21-22,35-36H,9-10,15-16,18H2,1-4H3;6-7,10,12-13,16,20-21,33H,8-9,14-15,17H2,1-3H3. The number of pyridine rings is 9. The third-order valence-corrected chi connectivity index (χ3v) is 28.1. The molecule has 25 heterocycles. The van der Waals surface area contributed by atoms with Crippen LogP contribution in [0.5, 0.6) is 23.0 Å². The van der Waals surface area contributed by atoms with Crippen LogP contribution in [0.25, 0.3) is 66.6 Å². The van der Waals surface area contributed by atoms with E-state index in [4.69, 9.17) is 50.0 Å². The Bertz CT molecular complexity index is 7480. The Morgan fingerprint density at radius 1 is 0.376 bits per heavy atom. The fourth-order valence-corrected chi connectivity index (χ4v) is 20.5. The number of hydrogen-bond acceptors (Lipinski definition) is 31. The van der Waals surface area contributed by atoms with Crippen molar-refractivity contribution in [2.45, 2.75) is 211 Å². The van der Waals surface area contributed by atoms with E-state index in [1.807, 2.05) is 130 Å². The van der Waals surface area contributed by atoms with E-state index < -0.39 is 33.6 Å². The lowest BCUT2D eigenvalue weighted by atomic mass is 9.85. The lowest BCUT2D eigenvalue weighted by molar-refractivity contribution is -0.0356. The first-order chi connectivity index (χ1) is 71.2. The molecule has 35 nitrogen and oxygen atoms in total. The average molecular weight is 2010 g/mol. The molecule has 0 amide bonds. The predicted octanol–water partition coefficient (Wildman–Crippen LogP) is 12.1. The second kappa shape index (κ2) is 42.5. The van der Waals surface area contributed by atoms with E-state index in [9.17, 15) is 46.6 Å². The molecule has 12 aliphatic rings. The van der Waals surface area contributed by atoms with E-state index in [1.54, 1.807) is 144 Å².